The van der Waals surface area contributed by atoms with Gasteiger partial charge in [-0.15, -0.1) is 0 Å². The third kappa shape index (κ3) is 27.1. The Morgan fingerprint density at radius 2 is 1.54 bits per heavy atom. The number of allylic oxidation sites excluding steroid dienone is 2. The zero-order valence-corrected chi connectivity index (χ0v) is 17.7. The molecule has 0 amide bonds. The van der Waals surface area contributed by atoms with Crippen LogP contribution < -0.4 is 0 Å². The minimum absolute atomic E-state index is 0.0185. The van der Waals surface area contributed by atoms with Crippen LogP contribution in [0.5, 0.6) is 0 Å². The fourth-order valence-corrected chi connectivity index (χ4v) is 0.751. The van der Waals surface area contributed by atoms with E-state index in [-0.39, 0.29) is 11.6 Å². The van der Waals surface area contributed by atoms with E-state index < -0.39 is 0 Å². The van der Waals surface area contributed by atoms with Crippen LogP contribution in [0.2, 0.25) is 0 Å². The largest absolute Gasteiger partial charge is 0.505 e. The van der Waals surface area contributed by atoms with Gasteiger partial charge in [0.05, 0.1) is 39.3 Å². The molecule has 0 aromatic heterocycles. The third-order valence-corrected chi connectivity index (χ3v) is 3.31. The van der Waals surface area contributed by atoms with Crippen molar-refractivity contribution in [3.05, 3.63) is 37.6 Å². The lowest BCUT2D eigenvalue weighted by molar-refractivity contribution is -0.114. The molecule has 5 heteroatoms. The molecule has 1 atom stereocenters. The monoisotopic (exact) mass is 370 g/mol. The lowest BCUT2D eigenvalue weighted by atomic mass is 9.86. The van der Waals surface area contributed by atoms with Crippen molar-refractivity contribution in [2.75, 3.05) is 26.9 Å². The first-order valence-corrected chi connectivity index (χ1v) is 8.62. The molecule has 2 heterocycles. The Morgan fingerprint density at radius 3 is 1.54 bits per heavy atom. The summed E-state index contributed by atoms with van der Waals surface area (Å²) in [5, 5.41) is 0. The summed E-state index contributed by atoms with van der Waals surface area (Å²) in [6.45, 7) is 24.0. The summed E-state index contributed by atoms with van der Waals surface area (Å²) in [6.07, 6.45) is 4.49. The SMILES string of the molecule is C=C(C)C(C)=O.C=CC(C)=O.C=COC.CC1CO1.CCC1(C)COC1. The van der Waals surface area contributed by atoms with Crippen LogP contribution in [0.1, 0.15) is 48.0 Å². The van der Waals surface area contributed by atoms with Crippen molar-refractivity contribution in [2.24, 2.45) is 5.41 Å². The van der Waals surface area contributed by atoms with Gasteiger partial charge in [0.15, 0.2) is 11.6 Å². The van der Waals surface area contributed by atoms with Gasteiger partial charge in [-0.2, -0.15) is 0 Å². The molecule has 26 heavy (non-hydrogen) atoms. The Morgan fingerprint density at radius 1 is 1.23 bits per heavy atom. The predicted molar refractivity (Wildman–Crippen MR) is 108 cm³/mol. The van der Waals surface area contributed by atoms with Crippen molar-refractivity contribution in [1.82, 2.24) is 0 Å². The summed E-state index contributed by atoms with van der Waals surface area (Å²) in [7, 11) is 1.56. The summed E-state index contributed by atoms with van der Waals surface area (Å²) in [6, 6.07) is 0. The lowest BCUT2D eigenvalue weighted by Crippen LogP contribution is -2.38. The average molecular weight is 371 g/mol. The Balaban J connectivity index is -0.000000259. The fourth-order valence-electron chi connectivity index (χ4n) is 0.751. The van der Waals surface area contributed by atoms with Gasteiger partial charge >= 0.3 is 0 Å². The average Bonchev–Trinajstić information content (AvgIpc) is 3.36. The van der Waals surface area contributed by atoms with Gasteiger partial charge in [0, 0.05) is 5.41 Å². The van der Waals surface area contributed by atoms with E-state index in [1.807, 2.05) is 0 Å². The van der Waals surface area contributed by atoms with Crippen molar-refractivity contribution in [2.45, 2.75) is 54.1 Å². The maximum absolute atomic E-state index is 10.0. The molecule has 0 N–H and O–H groups in total. The van der Waals surface area contributed by atoms with E-state index in [0.717, 1.165) is 19.8 Å². The number of Topliss-reactive ketones (excluding diaryl/α,β-unsaturated/α-hetero) is 1. The van der Waals surface area contributed by atoms with Crippen LogP contribution in [0.25, 0.3) is 0 Å². The zero-order chi connectivity index (χ0) is 21.2. The molecule has 0 saturated carbocycles. The van der Waals surface area contributed by atoms with Gasteiger partial charge in [-0.25, -0.2) is 0 Å². The highest BCUT2D eigenvalue weighted by Crippen LogP contribution is 2.29. The van der Waals surface area contributed by atoms with Crippen molar-refractivity contribution in [3.8, 4) is 0 Å². The van der Waals surface area contributed by atoms with Crippen LogP contribution in [-0.4, -0.2) is 44.6 Å². The molecule has 0 aromatic rings. The molecule has 2 aliphatic heterocycles. The number of methoxy groups -OCH3 is 1. The summed E-state index contributed by atoms with van der Waals surface area (Å²) < 4.78 is 14.0. The highest BCUT2D eigenvalue weighted by Gasteiger charge is 2.30. The highest BCUT2D eigenvalue weighted by molar-refractivity contribution is 5.91. The minimum atomic E-state index is 0.0185. The van der Waals surface area contributed by atoms with Crippen LogP contribution in [0.3, 0.4) is 0 Å². The van der Waals surface area contributed by atoms with E-state index in [4.69, 9.17) is 9.47 Å². The molecule has 0 aliphatic carbocycles. The van der Waals surface area contributed by atoms with Gasteiger partial charge in [0.1, 0.15) is 0 Å². The zero-order valence-electron chi connectivity index (χ0n) is 17.7. The number of carbonyl (C=O) groups excluding carboxylic acids is 2. The van der Waals surface area contributed by atoms with E-state index in [9.17, 15) is 9.59 Å². The number of hydrogen-bond acceptors (Lipinski definition) is 5. The molecule has 152 valence electrons. The number of hydrogen-bond donors (Lipinski definition) is 0. The third-order valence-electron chi connectivity index (χ3n) is 3.31. The fraction of sp³-hybridized carbons (Fsp3) is 0.619. The Bertz CT molecular complexity index is 401. The van der Waals surface area contributed by atoms with Crippen LogP contribution in [0.15, 0.2) is 37.6 Å². The Kier molecular flexibility index (Phi) is 20.2. The summed E-state index contributed by atoms with van der Waals surface area (Å²) >= 11 is 0. The molecule has 2 fully saturated rings. The highest BCUT2D eigenvalue weighted by atomic mass is 16.6. The van der Waals surface area contributed by atoms with Gasteiger partial charge in [-0.05, 0) is 45.8 Å². The quantitative estimate of drug-likeness (QED) is 0.413. The number of epoxide rings is 1. The molecule has 0 aromatic carbocycles. The maximum atomic E-state index is 10.0. The first-order chi connectivity index (χ1) is 12.0. The second-order valence-corrected chi connectivity index (χ2v) is 6.35. The van der Waals surface area contributed by atoms with E-state index in [0.29, 0.717) is 17.1 Å². The van der Waals surface area contributed by atoms with Gasteiger partial charge in [-0.1, -0.05) is 33.6 Å². The van der Waals surface area contributed by atoms with Gasteiger partial charge in [0.25, 0.3) is 0 Å². The first kappa shape index (κ1) is 29.1. The molecule has 2 saturated heterocycles. The maximum Gasteiger partial charge on any atom is 0.154 e. The summed E-state index contributed by atoms with van der Waals surface area (Å²) in [5.41, 5.74) is 1.16. The van der Waals surface area contributed by atoms with Crippen molar-refractivity contribution >= 4 is 11.6 Å². The molecule has 0 spiro atoms. The second-order valence-electron chi connectivity index (χ2n) is 6.35. The predicted octanol–water partition coefficient (Wildman–Crippen LogP) is 4.53. The summed E-state index contributed by atoms with van der Waals surface area (Å²) in [5.74, 6) is 0.0833. The number of carbonyl (C=O) groups is 2. The smallest absolute Gasteiger partial charge is 0.154 e. The van der Waals surface area contributed by atoms with Gasteiger partial charge in [0.2, 0.25) is 0 Å². The Hall–Kier alpha value is -1.72. The van der Waals surface area contributed by atoms with Crippen molar-refractivity contribution in [3.63, 3.8) is 0 Å². The molecule has 2 aliphatic rings. The molecular weight excluding hydrogens is 332 g/mol. The summed E-state index contributed by atoms with van der Waals surface area (Å²) in [4.78, 5) is 19.7. The van der Waals surface area contributed by atoms with E-state index in [1.165, 1.54) is 32.6 Å². The number of ether oxygens (including phenoxy) is 3. The lowest BCUT2D eigenvalue weighted by Gasteiger charge is -2.36. The van der Waals surface area contributed by atoms with Gasteiger partial charge < -0.3 is 14.2 Å². The van der Waals surface area contributed by atoms with E-state index in [2.05, 4.69) is 45.2 Å². The van der Waals surface area contributed by atoms with Gasteiger partial charge in [-0.3, -0.25) is 9.59 Å². The standard InChI is InChI=1S/C6H12O.C5H8O.C4H6O.2C3H6O/c1-3-6(2)4-7-5-6;1-4(2)5(3)6;1-3-4(2)5;1-3-2-4-3;1-3-4-2/h3-5H2,1-2H3;1H2,2-3H3;3H,1H2,2H3;3H,2H2,1H3;3H,1H2,2H3. The number of ketones is 2. The molecule has 0 bridgehead atoms. The molecule has 0 radical (unpaired) electrons. The van der Waals surface area contributed by atoms with Crippen LogP contribution in [0, 0.1) is 5.41 Å². The topological polar surface area (TPSA) is 65.1 Å². The van der Waals surface area contributed by atoms with E-state index >= 15 is 0 Å². The number of rotatable bonds is 4. The van der Waals surface area contributed by atoms with Crippen molar-refractivity contribution < 1.29 is 23.8 Å². The van der Waals surface area contributed by atoms with Crippen LogP contribution in [-0.2, 0) is 23.8 Å². The normalized spacial score (nSPS) is 17.1. The molecule has 5 nitrogen and oxygen atoms in total. The van der Waals surface area contributed by atoms with Crippen molar-refractivity contribution in [1.29, 1.82) is 0 Å². The molecule has 1 unspecified atom stereocenters. The minimum Gasteiger partial charge on any atom is -0.505 e. The first-order valence-electron chi connectivity index (χ1n) is 8.62. The van der Waals surface area contributed by atoms with Crippen LogP contribution >= 0.6 is 0 Å². The molecular formula is C21H38O5. The van der Waals surface area contributed by atoms with E-state index in [1.54, 1.807) is 14.0 Å². The second kappa shape index (κ2) is 18.1. The Labute approximate surface area is 160 Å². The molecule has 2 rings (SSSR count). The van der Waals surface area contributed by atoms with Crippen LogP contribution in [0.4, 0.5) is 0 Å².